The van der Waals surface area contributed by atoms with Crippen molar-refractivity contribution >= 4 is 42.4 Å². The van der Waals surface area contributed by atoms with Gasteiger partial charge in [-0.15, -0.1) is 0 Å². The van der Waals surface area contributed by atoms with Crippen LogP contribution >= 0.6 is 11.3 Å². The first-order valence-corrected chi connectivity index (χ1v) is 12.4. The standard InChI is InChI=1S/C23H22N2O4S2/c1-16-11-20-21(12-17(16)2)30-23(24-20)25(13-19-9-6-10-29-19)22(26)15-31(27,28)14-18-7-4-3-5-8-18/h3-12H,13-15H2,1-2H3. The van der Waals surface area contributed by atoms with Crippen LogP contribution in [-0.4, -0.2) is 25.1 Å². The van der Waals surface area contributed by atoms with E-state index in [-0.39, 0.29) is 12.3 Å². The van der Waals surface area contributed by atoms with Gasteiger partial charge in [-0.05, 0) is 54.8 Å². The predicted molar refractivity (Wildman–Crippen MR) is 123 cm³/mol. The molecule has 4 rings (SSSR count). The van der Waals surface area contributed by atoms with Gasteiger partial charge < -0.3 is 4.42 Å². The fourth-order valence-electron chi connectivity index (χ4n) is 3.25. The van der Waals surface area contributed by atoms with Crippen molar-refractivity contribution in [1.82, 2.24) is 4.98 Å². The number of carbonyl (C=O) groups is 1. The van der Waals surface area contributed by atoms with E-state index in [1.54, 1.807) is 36.4 Å². The van der Waals surface area contributed by atoms with Gasteiger partial charge in [0.1, 0.15) is 11.5 Å². The van der Waals surface area contributed by atoms with Crippen LogP contribution in [0.3, 0.4) is 0 Å². The van der Waals surface area contributed by atoms with Crippen LogP contribution in [0.25, 0.3) is 10.2 Å². The number of rotatable bonds is 7. The quantitative estimate of drug-likeness (QED) is 0.406. The maximum Gasteiger partial charge on any atom is 0.244 e. The number of hydrogen-bond acceptors (Lipinski definition) is 6. The van der Waals surface area contributed by atoms with Gasteiger partial charge in [0.05, 0.1) is 28.8 Å². The first kappa shape index (κ1) is 21.3. The van der Waals surface area contributed by atoms with E-state index in [9.17, 15) is 13.2 Å². The Balaban J connectivity index is 1.64. The Morgan fingerprint density at radius 2 is 1.81 bits per heavy atom. The minimum absolute atomic E-state index is 0.116. The SMILES string of the molecule is Cc1cc2nc(N(Cc3ccco3)C(=O)CS(=O)(=O)Cc3ccccc3)sc2cc1C. The number of thiazole rings is 1. The Labute approximate surface area is 185 Å². The van der Waals surface area contributed by atoms with Crippen LogP contribution in [0.5, 0.6) is 0 Å². The van der Waals surface area contributed by atoms with E-state index in [0.717, 1.165) is 21.3 Å². The van der Waals surface area contributed by atoms with Crippen molar-refractivity contribution in [3.05, 3.63) is 83.3 Å². The van der Waals surface area contributed by atoms with Crippen molar-refractivity contribution in [2.75, 3.05) is 10.7 Å². The zero-order valence-electron chi connectivity index (χ0n) is 17.2. The molecule has 0 saturated carbocycles. The lowest BCUT2D eigenvalue weighted by molar-refractivity contribution is -0.116. The van der Waals surface area contributed by atoms with E-state index in [2.05, 4.69) is 4.98 Å². The highest BCUT2D eigenvalue weighted by atomic mass is 32.2. The normalized spacial score (nSPS) is 11.7. The molecule has 2 heterocycles. The molecule has 31 heavy (non-hydrogen) atoms. The van der Waals surface area contributed by atoms with Crippen LogP contribution in [0.15, 0.2) is 65.3 Å². The monoisotopic (exact) mass is 454 g/mol. The van der Waals surface area contributed by atoms with E-state index in [0.29, 0.717) is 16.5 Å². The number of aryl methyl sites for hydroxylation is 2. The maximum absolute atomic E-state index is 13.2. The van der Waals surface area contributed by atoms with Gasteiger partial charge in [-0.25, -0.2) is 13.4 Å². The summed E-state index contributed by atoms with van der Waals surface area (Å²) in [5, 5.41) is 0.455. The number of furan rings is 1. The van der Waals surface area contributed by atoms with Crippen LogP contribution in [0.2, 0.25) is 0 Å². The Kier molecular flexibility index (Phi) is 5.93. The lowest BCUT2D eigenvalue weighted by atomic mass is 10.1. The summed E-state index contributed by atoms with van der Waals surface area (Å²) in [7, 11) is -3.65. The molecule has 0 bridgehead atoms. The molecule has 0 N–H and O–H groups in total. The highest BCUT2D eigenvalue weighted by molar-refractivity contribution is 7.91. The van der Waals surface area contributed by atoms with Crippen molar-refractivity contribution in [3.8, 4) is 0 Å². The summed E-state index contributed by atoms with van der Waals surface area (Å²) in [6.07, 6.45) is 1.52. The molecule has 0 fully saturated rings. The van der Waals surface area contributed by atoms with E-state index < -0.39 is 21.5 Å². The van der Waals surface area contributed by atoms with Crippen LogP contribution in [0, 0.1) is 13.8 Å². The Bertz CT molecular complexity index is 1270. The molecule has 0 aliphatic heterocycles. The van der Waals surface area contributed by atoms with Crippen molar-refractivity contribution < 1.29 is 17.6 Å². The molecular formula is C23H22N2O4S2. The van der Waals surface area contributed by atoms with Crippen LogP contribution in [0.1, 0.15) is 22.5 Å². The summed E-state index contributed by atoms with van der Waals surface area (Å²) in [5.74, 6) is -0.761. The van der Waals surface area contributed by atoms with Gasteiger partial charge in [-0.3, -0.25) is 9.69 Å². The third-order valence-electron chi connectivity index (χ3n) is 4.99. The number of benzene rings is 2. The number of fused-ring (bicyclic) bond motifs is 1. The lowest BCUT2D eigenvalue weighted by Gasteiger charge is -2.18. The minimum atomic E-state index is -3.65. The van der Waals surface area contributed by atoms with Crippen molar-refractivity contribution in [3.63, 3.8) is 0 Å². The highest BCUT2D eigenvalue weighted by Crippen LogP contribution is 2.32. The first-order valence-electron chi connectivity index (χ1n) is 9.75. The van der Waals surface area contributed by atoms with Gasteiger partial charge in [-0.1, -0.05) is 41.7 Å². The second kappa shape index (κ2) is 8.64. The van der Waals surface area contributed by atoms with E-state index in [1.807, 2.05) is 32.0 Å². The average molecular weight is 455 g/mol. The smallest absolute Gasteiger partial charge is 0.244 e. The van der Waals surface area contributed by atoms with Crippen LogP contribution in [-0.2, 0) is 26.9 Å². The third-order valence-corrected chi connectivity index (χ3v) is 7.49. The number of sulfone groups is 1. The van der Waals surface area contributed by atoms with Gasteiger partial charge in [0.25, 0.3) is 0 Å². The third kappa shape index (κ3) is 5.03. The molecule has 160 valence electrons. The fraction of sp³-hybridized carbons (Fsp3) is 0.217. The van der Waals surface area contributed by atoms with Crippen molar-refractivity contribution in [1.29, 1.82) is 0 Å². The molecule has 0 aliphatic rings. The lowest BCUT2D eigenvalue weighted by Crippen LogP contribution is -2.35. The fourth-order valence-corrected chi connectivity index (χ4v) is 5.65. The summed E-state index contributed by atoms with van der Waals surface area (Å²) >= 11 is 1.37. The summed E-state index contributed by atoms with van der Waals surface area (Å²) in [6, 6.07) is 16.3. The molecular weight excluding hydrogens is 432 g/mol. The zero-order valence-corrected chi connectivity index (χ0v) is 18.9. The van der Waals surface area contributed by atoms with Gasteiger partial charge in [-0.2, -0.15) is 0 Å². The number of aromatic nitrogens is 1. The van der Waals surface area contributed by atoms with E-state index >= 15 is 0 Å². The molecule has 0 atom stereocenters. The van der Waals surface area contributed by atoms with Gasteiger partial charge >= 0.3 is 0 Å². The summed E-state index contributed by atoms with van der Waals surface area (Å²) < 4.78 is 31.8. The Hall–Kier alpha value is -2.97. The van der Waals surface area contributed by atoms with Gasteiger partial charge in [0, 0.05) is 0 Å². The van der Waals surface area contributed by atoms with Crippen LogP contribution < -0.4 is 4.90 Å². The predicted octanol–water partition coefficient (Wildman–Crippen LogP) is 4.65. The number of anilines is 1. The van der Waals surface area contributed by atoms with Crippen molar-refractivity contribution in [2.45, 2.75) is 26.1 Å². The van der Waals surface area contributed by atoms with Crippen molar-refractivity contribution in [2.24, 2.45) is 0 Å². The molecule has 1 amide bonds. The minimum Gasteiger partial charge on any atom is -0.467 e. The second-order valence-corrected chi connectivity index (χ2v) is 10.6. The summed E-state index contributed by atoms with van der Waals surface area (Å²) in [4.78, 5) is 19.2. The number of nitrogens with zero attached hydrogens (tertiary/aromatic N) is 2. The van der Waals surface area contributed by atoms with Gasteiger partial charge in [0.2, 0.25) is 5.91 Å². The number of hydrogen-bond donors (Lipinski definition) is 0. The second-order valence-electron chi connectivity index (χ2n) is 7.48. The molecule has 2 aromatic heterocycles. The van der Waals surface area contributed by atoms with Gasteiger partial charge in [0.15, 0.2) is 15.0 Å². The largest absolute Gasteiger partial charge is 0.467 e. The topological polar surface area (TPSA) is 80.5 Å². The van der Waals surface area contributed by atoms with Crippen LogP contribution in [0.4, 0.5) is 5.13 Å². The van der Waals surface area contributed by atoms with E-state index in [1.165, 1.54) is 22.5 Å². The maximum atomic E-state index is 13.2. The Morgan fingerprint density at radius 3 is 2.52 bits per heavy atom. The Morgan fingerprint density at radius 1 is 1.06 bits per heavy atom. The highest BCUT2D eigenvalue weighted by Gasteiger charge is 2.26. The first-order chi connectivity index (χ1) is 14.8. The molecule has 0 saturated heterocycles. The summed E-state index contributed by atoms with van der Waals surface area (Å²) in [5.41, 5.74) is 3.68. The molecule has 8 heteroatoms. The average Bonchev–Trinajstić information content (AvgIpc) is 3.36. The number of amides is 1. The van der Waals surface area contributed by atoms with E-state index in [4.69, 9.17) is 4.42 Å². The molecule has 0 radical (unpaired) electrons. The number of carbonyl (C=O) groups excluding carboxylic acids is 1. The molecule has 4 aromatic rings. The molecule has 0 unspecified atom stereocenters. The molecule has 0 spiro atoms. The summed E-state index contributed by atoms with van der Waals surface area (Å²) in [6.45, 7) is 4.15. The molecule has 2 aromatic carbocycles. The zero-order chi connectivity index (χ0) is 22.0. The molecule has 6 nitrogen and oxygen atoms in total. The molecule has 0 aliphatic carbocycles.